The zero-order valence-corrected chi connectivity index (χ0v) is 11.1. The molecule has 1 rings (SSSR count). The van der Waals surface area contributed by atoms with Gasteiger partial charge in [0, 0.05) is 0 Å². The van der Waals surface area contributed by atoms with E-state index in [9.17, 15) is 5.11 Å². The predicted octanol–water partition coefficient (Wildman–Crippen LogP) is 4.35. The van der Waals surface area contributed by atoms with E-state index in [2.05, 4.69) is 34.6 Å². The van der Waals surface area contributed by atoms with Crippen molar-refractivity contribution in [3.05, 3.63) is 29.8 Å². The smallest absolute Gasteiger partial charge is 0.115 e. The molecule has 2 atom stereocenters. The Morgan fingerprint density at radius 1 is 1.12 bits per heavy atom. The van der Waals surface area contributed by atoms with E-state index in [1.54, 1.807) is 12.1 Å². The Hall–Kier alpha value is -0.980. The lowest BCUT2D eigenvalue weighted by Crippen LogP contribution is -2.30. The molecule has 0 aliphatic carbocycles. The Labute approximate surface area is 99.5 Å². The van der Waals surface area contributed by atoms with E-state index >= 15 is 0 Å². The minimum absolute atomic E-state index is 0.156. The van der Waals surface area contributed by atoms with Crippen LogP contribution in [0.3, 0.4) is 0 Å². The van der Waals surface area contributed by atoms with Crippen LogP contribution in [0.5, 0.6) is 5.75 Å². The van der Waals surface area contributed by atoms with Crippen LogP contribution < -0.4 is 0 Å². The van der Waals surface area contributed by atoms with E-state index in [1.165, 1.54) is 12.0 Å². The number of rotatable bonds is 4. The largest absolute Gasteiger partial charge is 0.508 e. The maximum atomic E-state index is 9.32. The van der Waals surface area contributed by atoms with Crippen LogP contribution in [-0.2, 0) is 5.41 Å². The molecule has 16 heavy (non-hydrogen) atoms. The van der Waals surface area contributed by atoms with E-state index in [1.807, 2.05) is 12.1 Å². The standard InChI is InChI=1S/C15H24O/c1-6-11(2)12(3)15(4,5)13-7-9-14(16)10-8-13/h7-12,16H,6H2,1-5H3. The van der Waals surface area contributed by atoms with Gasteiger partial charge >= 0.3 is 0 Å². The fraction of sp³-hybridized carbons (Fsp3) is 0.600. The third-order valence-corrected chi connectivity index (χ3v) is 4.25. The Balaban J connectivity index is 2.96. The monoisotopic (exact) mass is 220 g/mol. The van der Waals surface area contributed by atoms with Gasteiger partial charge < -0.3 is 5.11 Å². The summed E-state index contributed by atoms with van der Waals surface area (Å²) < 4.78 is 0. The molecule has 0 aromatic heterocycles. The van der Waals surface area contributed by atoms with Crippen molar-refractivity contribution in [2.24, 2.45) is 11.8 Å². The molecule has 1 aromatic carbocycles. The maximum absolute atomic E-state index is 9.32. The Kier molecular flexibility index (Phi) is 4.01. The van der Waals surface area contributed by atoms with Crippen molar-refractivity contribution in [3.63, 3.8) is 0 Å². The van der Waals surface area contributed by atoms with Gasteiger partial charge in [0.15, 0.2) is 0 Å². The second-order valence-corrected chi connectivity index (χ2v) is 5.44. The number of phenols is 1. The van der Waals surface area contributed by atoms with E-state index in [4.69, 9.17) is 0 Å². The summed E-state index contributed by atoms with van der Waals surface area (Å²) in [6, 6.07) is 7.63. The third kappa shape index (κ3) is 2.58. The molecule has 2 unspecified atom stereocenters. The number of benzene rings is 1. The average Bonchev–Trinajstić information content (AvgIpc) is 2.27. The van der Waals surface area contributed by atoms with Crippen molar-refractivity contribution >= 4 is 0 Å². The second-order valence-electron chi connectivity index (χ2n) is 5.44. The van der Waals surface area contributed by atoms with Gasteiger partial charge in [0.1, 0.15) is 5.75 Å². The van der Waals surface area contributed by atoms with Crippen LogP contribution >= 0.6 is 0 Å². The van der Waals surface area contributed by atoms with Crippen molar-refractivity contribution in [1.82, 2.24) is 0 Å². The van der Waals surface area contributed by atoms with Crippen molar-refractivity contribution in [2.45, 2.75) is 46.5 Å². The first-order chi connectivity index (χ1) is 7.39. The summed E-state index contributed by atoms with van der Waals surface area (Å²) in [5.74, 6) is 1.68. The molecule has 0 fully saturated rings. The Morgan fingerprint density at radius 2 is 1.62 bits per heavy atom. The average molecular weight is 220 g/mol. The highest BCUT2D eigenvalue weighted by atomic mass is 16.3. The molecular weight excluding hydrogens is 196 g/mol. The summed E-state index contributed by atoms with van der Waals surface area (Å²) >= 11 is 0. The Morgan fingerprint density at radius 3 is 2.06 bits per heavy atom. The van der Waals surface area contributed by atoms with Crippen LogP contribution in [0.4, 0.5) is 0 Å². The zero-order chi connectivity index (χ0) is 12.3. The van der Waals surface area contributed by atoms with Gasteiger partial charge in [0.25, 0.3) is 0 Å². The van der Waals surface area contributed by atoms with Crippen LogP contribution in [0.15, 0.2) is 24.3 Å². The van der Waals surface area contributed by atoms with Gasteiger partial charge in [0.2, 0.25) is 0 Å². The molecule has 0 heterocycles. The van der Waals surface area contributed by atoms with Gasteiger partial charge in [-0.15, -0.1) is 0 Å². The molecule has 0 saturated carbocycles. The van der Waals surface area contributed by atoms with E-state index < -0.39 is 0 Å². The summed E-state index contributed by atoms with van der Waals surface area (Å²) in [7, 11) is 0. The molecule has 0 amide bonds. The molecule has 0 aliphatic heterocycles. The minimum Gasteiger partial charge on any atom is -0.508 e. The lowest BCUT2D eigenvalue weighted by atomic mass is 9.69. The van der Waals surface area contributed by atoms with Crippen molar-refractivity contribution in [1.29, 1.82) is 0 Å². The molecule has 1 N–H and O–H groups in total. The SMILES string of the molecule is CCC(C)C(C)C(C)(C)c1ccc(O)cc1. The van der Waals surface area contributed by atoms with E-state index in [0.29, 0.717) is 17.6 Å². The highest BCUT2D eigenvalue weighted by molar-refractivity contribution is 5.31. The van der Waals surface area contributed by atoms with Gasteiger partial charge in [0.05, 0.1) is 0 Å². The van der Waals surface area contributed by atoms with E-state index in [0.717, 1.165) is 0 Å². The molecule has 0 spiro atoms. The summed E-state index contributed by atoms with van der Waals surface area (Å²) in [6.07, 6.45) is 1.21. The number of hydrogen-bond donors (Lipinski definition) is 1. The fourth-order valence-electron chi connectivity index (χ4n) is 2.22. The summed E-state index contributed by atoms with van der Waals surface area (Å²) in [6.45, 7) is 11.5. The summed E-state index contributed by atoms with van der Waals surface area (Å²) in [5.41, 5.74) is 1.46. The van der Waals surface area contributed by atoms with Crippen LogP contribution in [0.2, 0.25) is 0 Å². The maximum Gasteiger partial charge on any atom is 0.115 e. The number of aromatic hydroxyl groups is 1. The molecule has 0 saturated heterocycles. The van der Waals surface area contributed by atoms with Gasteiger partial charge in [-0.05, 0) is 34.9 Å². The normalized spacial score (nSPS) is 15.8. The lowest BCUT2D eigenvalue weighted by molar-refractivity contribution is 0.243. The Bertz CT molecular complexity index is 324. The van der Waals surface area contributed by atoms with Crippen molar-refractivity contribution < 1.29 is 5.11 Å². The molecule has 1 nitrogen and oxygen atoms in total. The van der Waals surface area contributed by atoms with Crippen LogP contribution in [0.1, 0.15) is 46.6 Å². The molecule has 0 bridgehead atoms. The lowest BCUT2D eigenvalue weighted by Gasteiger charge is -2.36. The van der Waals surface area contributed by atoms with Gasteiger partial charge in [-0.25, -0.2) is 0 Å². The van der Waals surface area contributed by atoms with Crippen molar-refractivity contribution in [3.8, 4) is 5.75 Å². The minimum atomic E-state index is 0.156. The quantitative estimate of drug-likeness (QED) is 0.799. The summed E-state index contributed by atoms with van der Waals surface area (Å²) in [4.78, 5) is 0. The second kappa shape index (κ2) is 4.90. The molecule has 1 heteroatoms. The first kappa shape index (κ1) is 13.1. The predicted molar refractivity (Wildman–Crippen MR) is 69.8 cm³/mol. The third-order valence-electron chi connectivity index (χ3n) is 4.25. The van der Waals surface area contributed by atoms with Crippen molar-refractivity contribution in [2.75, 3.05) is 0 Å². The molecule has 0 radical (unpaired) electrons. The first-order valence-electron chi connectivity index (χ1n) is 6.19. The molecule has 1 aromatic rings. The highest BCUT2D eigenvalue weighted by Crippen LogP contribution is 2.37. The zero-order valence-electron chi connectivity index (χ0n) is 11.1. The first-order valence-corrected chi connectivity index (χ1v) is 6.19. The highest BCUT2D eigenvalue weighted by Gasteiger charge is 2.30. The van der Waals surface area contributed by atoms with Gasteiger partial charge in [-0.2, -0.15) is 0 Å². The summed E-state index contributed by atoms with van der Waals surface area (Å²) in [5, 5.41) is 9.32. The molecular formula is C15H24O. The molecule has 90 valence electrons. The fourth-order valence-corrected chi connectivity index (χ4v) is 2.22. The van der Waals surface area contributed by atoms with Gasteiger partial charge in [-0.1, -0.05) is 53.2 Å². The number of hydrogen-bond acceptors (Lipinski definition) is 1. The molecule has 0 aliphatic rings. The van der Waals surface area contributed by atoms with Crippen LogP contribution in [-0.4, -0.2) is 5.11 Å². The number of phenolic OH excluding ortho intramolecular Hbond substituents is 1. The van der Waals surface area contributed by atoms with E-state index in [-0.39, 0.29) is 5.41 Å². The van der Waals surface area contributed by atoms with Gasteiger partial charge in [-0.3, -0.25) is 0 Å². The van der Waals surface area contributed by atoms with Crippen LogP contribution in [0.25, 0.3) is 0 Å². The van der Waals surface area contributed by atoms with Crippen LogP contribution in [0, 0.1) is 11.8 Å². The topological polar surface area (TPSA) is 20.2 Å².